The molecule has 4 aromatic carbocycles. The van der Waals surface area contributed by atoms with Gasteiger partial charge in [-0.05, 0) is 61.1 Å². The molecular formula is C36H32N2O2. The number of fused-ring (bicyclic) bond motifs is 1. The smallest absolute Gasteiger partial charge is 0.261 e. The lowest BCUT2D eigenvalue weighted by Gasteiger charge is -2.26. The molecule has 2 amide bonds. The fraction of sp³-hybridized carbons (Fsp3) is 0.167. The minimum atomic E-state index is -0.134. The second kappa shape index (κ2) is 10.1. The number of amides is 2. The second-order valence-electron chi connectivity index (χ2n) is 10.8. The zero-order valence-electron chi connectivity index (χ0n) is 23.4. The van der Waals surface area contributed by atoms with Crippen LogP contribution in [0.2, 0.25) is 0 Å². The van der Waals surface area contributed by atoms with E-state index in [1.807, 2.05) is 86.6 Å². The van der Waals surface area contributed by atoms with Crippen molar-refractivity contribution in [3.05, 3.63) is 153 Å². The van der Waals surface area contributed by atoms with Crippen molar-refractivity contribution < 1.29 is 9.59 Å². The number of benzene rings is 4. The molecule has 0 fully saturated rings. The van der Waals surface area contributed by atoms with Crippen LogP contribution in [0.15, 0.2) is 108 Å². The average molecular weight is 525 g/mol. The summed E-state index contributed by atoms with van der Waals surface area (Å²) >= 11 is 0. The maximum Gasteiger partial charge on any atom is 0.261 e. The van der Waals surface area contributed by atoms with Crippen molar-refractivity contribution in [2.45, 2.75) is 40.8 Å². The van der Waals surface area contributed by atoms with Crippen LogP contribution in [0, 0.1) is 27.7 Å². The summed E-state index contributed by atoms with van der Waals surface area (Å²) in [6.07, 6.45) is 0. The van der Waals surface area contributed by atoms with E-state index in [0.717, 1.165) is 44.5 Å². The van der Waals surface area contributed by atoms with Gasteiger partial charge in [-0.1, -0.05) is 108 Å². The van der Waals surface area contributed by atoms with Gasteiger partial charge in [-0.3, -0.25) is 9.59 Å². The van der Waals surface area contributed by atoms with Gasteiger partial charge >= 0.3 is 0 Å². The first kappa shape index (κ1) is 25.6. The Balaban J connectivity index is 1.58. The van der Waals surface area contributed by atoms with E-state index in [-0.39, 0.29) is 11.8 Å². The predicted molar refractivity (Wildman–Crippen MR) is 160 cm³/mol. The quantitative estimate of drug-likeness (QED) is 0.269. The molecule has 2 heterocycles. The van der Waals surface area contributed by atoms with E-state index in [0.29, 0.717) is 35.6 Å². The minimum Gasteiger partial charge on any atom is -0.302 e. The molecule has 2 aliphatic rings. The Morgan fingerprint density at radius 2 is 0.825 bits per heavy atom. The maximum atomic E-state index is 14.5. The third-order valence-corrected chi connectivity index (χ3v) is 8.01. The molecule has 0 saturated carbocycles. The summed E-state index contributed by atoms with van der Waals surface area (Å²) < 4.78 is 0. The van der Waals surface area contributed by atoms with Gasteiger partial charge < -0.3 is 9.80 Å². The predicted octanol–water partition coefficient (Wildman–Crippen LogP) is 7.13. The van der Waals surface area contributed by atoms with Gasteiger partial charge in [0.2, 0.25) is 0 Å². The van der Waals surface area contributed by atoms with Crippen LogP contribution in [0.4, 0.5) is 0 Å². The lowest BCUT2D eigenvalue weighted by Crippen LogP contribution is -2.29. The van der Waals surface area contributed by atoms with E-state index >= 15 is 0 Å². The molecular weight excluding hydrogens is 492 g/mol. The average Bonchev–Trinajstić information content (AvgIpc) is 3.39. The van der Waals surface area contributed by atoms with E-state index in [9.17, 15) is 9.59 Å². The molecule has 0 saturated heterocycles. The molecule has 4 aromatic rings. The van der Waals surface area contributed by atoms with Crippen LogP contribution in [-0.4, -0.2) is 21.6 Å². The summed E-state index contributed by atoms with van der Waals surface area (Å²) in [5, 5.41) is 0. The van der Waals surface area contributed by atoms with Gasteiger partial charge in [0.15, 0.2) is 0 Å². The van der Waals surface area contributed by atoms with E-state index in [1.165, 1.54) is 0 Å². The van der Waals surface area contributed by atoms with E-state index in [1.54, 1.807) is 9.80 Å². The molecule has 2 aliphatic heterocycles. The van der Waals surface area contributed by atoms with Crippen molar-refractivity contribution in [2.24, 2.45) is 0 Å². The molecule has 0 radical (unpaired) electrons. The van der Waals surface area contributed by atoms with Gasteiger partial charge in [0.1, 0.15) is 0 Å². The van der Waals surface area contributed by atoms with Crippen molar-refractivity contribution in [1.82, 2.24) is 9.80 Å². The molecule has 40 heavy (non-hydrogen) atoms. The van der Waals surface area contributed by atoms with E-state index < -0.39 is 0 Å². The third-order valence-electron chi connectivity index (χ3n) is 8.01. The van der Waals surface area contributed by atoms with Crippen LogP contribution in [-0.2, 0) is 22.7 Å². The van der Waals surface area contributed by atoms with Gasteiger partial charge in [0, 0.05) is 0 Å². The van der Waals surface area contributed by atoms with Crippen molar-refractivity contribution in [1.29, 1.82) is 0 Å². The highest BCUT2D eigenvalue weighted by molar-refractivity contribution is 6.30. The fourth-order valence-corrected chi connectivity index (χ4v) is 5.64. The standard InChI is InChI=1S/C36H32N2O2/c1-23-13-17-27(18-14-23)33-31-32(36(40)37(33)21-29-11-7-5-9-25(29)3)34(28-19-15-24(2)16-20-28)38(35(31)39)22-30-12-8-6-10-26(30)4/h5-20H,21-22H2,1-4H3. The molecule has 0 aromatic heterocycles. The zero-order chi connectivity index (χ0) is 28.0. The van der Waals surface area contributed by atoms with Crippen molar-refractivity contribution >= 4 is 23.2 Å². The van der Waals surface area contributed by atoms with Gasteiger partial charge in [-0.15, -0.1) is 0 Å². The highest BCUT2D eigenvalue weighted by atomic mass is 16.2. The lowest BCUT2D eigenvalue weighted by atomic mass is 10.0. The summed E-state index contributed by atoms with van der Waals surface area (Å²) in [5.41, 5.74) is 10.7. The first-order chi connectivity index (χ1) is 19.3. The van der Waals surface area contributed by atoms with Gasteiger partial charge in [0.25, 0.3) is 11.8 Å². The van der Waals surface area contributed by atoms with E-state index in [4.69, 9.17) is 0 Å². The Morgan fingerprint density at radius 1 is 0.475 bits per heavy atom. The van der Waals surface area contributed by atoms with Crippen molar-refractivity contribution in [3.8, 4) is 0 Å². The Labute approximate surface area is 235 Å². The highest BCUT2D eigenvalue weighted by Gasteiger charge is 2.48. The Hall–Kier alpha value is -4.70. The second-order valence-corrected chi connectivity index (χ2v) is 10.8. The number of carbonyl (C=O) groups is 2. The van der Waals surface area contributed by atoms with E-state index in [2.05, 4.69) is 38.1 Å². The molecule has 0 unspecified atom stereocenters. The summed E-state index contributed by atoms with van der Waals surface area (Å²) in [6, 6.07) is 32.4. The Morgan fingerprint density at radius 3 is 1.18 bits per heavy atom. The monoisotopic (exact) mass is 524 g/mol. The third kappa shape index (κ3) is 4.36. The van der Waals surface area contributed by atoms with Crippen LogP contribution < -0.4 is 0 Å². The first-order valence-corrected chi connectivity index (χ1v) is 13.7. The van der Waals surface area contributed by atoms with Crippen molar-refractivity contribution in [3.63, 3.8) is 0 Å². The van der Waals surface area contributed by atoms with Crippen LogP contribution in [0.3, 0.4) is 0 Å². The number of hydrogen-bond acceptors (Lipinski definition) is 2. The van der Waals surface area contributed by atoms with Crippen LogP contribution >= 0.6 is 0 Å². The molecule has 4 heteroatoms. The van der Waals surface area contributed by atoms with Crippen LogP contribution in [0.25, 0.3) is 11.4 Å². The largest absolute Gasteiger partial charge is 0.302 e. The fourth-order valence-electron chi connectivity index (χ4n) is 5.64. The molecule has 0 N–H and O–H groups in total. The number of carbonyl (C=O) groups excluding carboxylic acids is 2. The van der Waals surface area contributed by atoms with Crippen LogP contribution in [0.1, 0.15) is 44.5 Å². The molecule has 0 aliphatic carbocycles. The molecule has 0 spiro atoms. The number of aryl methyl sites for hydroxylation is 4. The summed E-state index contributed by atoms with van der Waals surface area (Å²) in [4.78, 5) is 32.5. The SMILES string of the molecule is Cc1ccc(C2=C3C(=O)N(Cc4ccccc4C)C(c4ccc(C)cc4)=C3C(=O)N2Cc2ccccc2C)cc1. The van der Waals surface area contributed by atoms with Crippen molar-refractivity contribution in [2.75, 3.05) is 0 Å². The normalized spacial score (nSPS) is 15.0. The first-order valence-electron chi connectivity index (χ1n) is 13.7. The number of nitrogens with zero attached hydrogens (tertiary/aromatic N) is 2. The maximum absolute atomic E-state index is 14.5. The van der Waals surface area contributed by atoms with Gasteiger partial charge in [0.05, 0.1) is 35.6 Å². The number of rotatable bonds is 6. The molecule has 4 nitrogen and oxygen atoms in total. The Kier molecular flexibility index (Phi) is 6.47. The summed E-state index contributed by atoms with van der Waals surface area (Å²) in [7, 11) is 0. The zero-order valence-corrected chi connectivity index (χ0v) is 23.4. The highest BCUT2D eigenvalue weighted by Crippen LogP contribution is 2.47. The molecule has 198 valence electrons. The summed E-state index contributed by atoms with van der Waals surface area (Å²) in [6.45, 7) is 8.99. The minimum absolute atomic E-state index is 0.134. The molecule has 0 bridgehead atoms. The topological polar surface area (TPSA) is 40.6 Å². The lowest BCUT2D eigenvalue weighted by molar-refractivity contribution is -0.124. The van der Waals surface area contributed by atoms with Gasteiger partial charge in [-0.2, -0.15) is 0 Å². The van der Waals surface area contributed by atoms with Gasteiger partial charge in [-0.25, -0.2) is 0 Å². The summed E-state index contributed by atoms with van der Waals surface area (Å²) in [5.74, 6) is -0.268. The molecule has 6 rings (SSSR count). The number of hydrogen-bond donors (Lipinski definition) is 0. The molecule has 0 atom stereocenters. The Bertz CT molecular complexity index is 1580. The van der Waals surface area contributed by atoms with Crippen LogP contribution in [0.5, 0.6) is 0 Å².